The predicted octanol–water partition coefficient (Wildman–Crippen LogP) is 9.19. The van der Waals surface area contributed by atoms with Crippen LogP contribution < -0.4 is 4.90 Å². The number of benzene rings is 5. The van der Waals surface area contributed by atoms with E-state index in [1.165, 1.54) is 27.1 Å². The Labute approximate surface area is 229 Å². The average Bonchev–Trinajstić information content (AvgIpc) is 3.39. The zero-order chi connectivity index (χ0) is 26.2. The quantitative estimate of drug-likeness (QED) is 0.231. The van der Waals surface area contributed by atoms with Crippen molar-refractivity contribution < 1.29 is 4.42 Å². The van der Waals surface area contributed by atoms with Crippen LogP contribution in [-0.2, 0) is 0 Å². The Balaban J connectivity index is 1.43. The van der Waals surface area contributed by atoms with Gasteiger partial charge >= 0.3 is 0 Å². The van der Waals surface area contributed by atoms with E-state index in [4.69, 9.17) is 14.4 Å². The first-order chi connectivity index (χ1) is 19.8. The van der Waals surface area contributed by atoms with Gasteiger partial charge in [0.1, 0.15) is 16.8 Å². The first-order valence-electron chi connectivity index (χ1n) is 13.3. The summed E-state index contributed by atoms with van der Waals surface area (Å²) in [6, 6.07) is 38.0. The van der Waals surface area contributed by atoms with E-state index >= 15 is 0 Å². The molecule has 5 heteroatoms. The number of aromatic nitrogens is 3. The van der Waals surface area contributed by atoms with Crippen molar-refractivity contribution in [2.45, 2.75) is 0 Å². The molecular formula is C35H20N4O. The molecule has 0 N–H and O–H groups in total. The molecule has 0 unspecified atom stereocenters. The van der Waals surface area contributed by atoms with Gasteiger partial charge in [0.05, 0.1) is 11.4 Å². The molecule has 186 valence electrons. The van der Waals surface area contributed by atoms with Crippen molar-refractivity contribution in [3.05, 3.63) is 122 Å². The lowest BCUT2D eigenvalue weighted by Crippen LogP contribution is -2.18. The Hall–Kier alpha value is -5.55. The normalized spacial score (nSPS) is 12.4. The number of nitrogens with zero attached hydrogens (tertiary/aromatic N) is 4. The first-order valence-corrected chi connectivity index (χ1v) is 13.3. The molecular weight excluding hydrogens is 492 g/mol. The van der Waals surface area contributed by atoms with Gasteiger partial charge in [0.25, 0.3) is 0 Å². The number of hydrogen-bond donors (Lipinski definition) is 0. The summed E-state index contributed by atoms with van der Waals surface area (Å²) in [5, 5.41) is 5.71. The van der Waals surface area contributed by atoms with Crippen molar-refractivity contribution in [3.8, 4) is 22.4 Å². The Morgan fingerprint density at radius 3 is 2.23 bits per heavy atom. The van der Waals surface area contributed by atoms with Crippen molar-refractivity contribution >= 4 is 60.9 Å². The predicted molar refractivity (Wildman–Crippen MR) is 161 cm³/mol. The number of rotatable bonds is 2. The maximum absolute atomic E-state index is 6.36. The third-order valence-electron chi connectivity index (χ3n) is 7.88. The van der Waals surface area contributed by atoms with Gasteiger partial charge < -0.3 is 4.42 Å². The lowest BCUT2D eigenvalue weighted by Gasteiger charge is -2.32. The topological polar surface area (TPSA) is 55.1 Å². The van der Waals surface area contributed by atoms with Gasteiger partial charge in [-0.2, -0.15) is 0 Å². The molecule has 9 rings (SSSR count). The van der Waals surface area contributed by atoms with Gasteiger partial charge in [0, 0.05) is 34.3 Å². The average molecular weight is 513 g/mol. The van der Waals surface area contributed by atoms with Crippen LogP contribution >= 0.6 is 0 Å². The van der Waals surface area contributed by atoms with Crippen LogP contribution in [0.4, 0.5) is 17.3 Å². The second kappa shape index (κ2) is 7.98. The summed E-state index contributed by atoms with van der Waals surface area (Å²) < 4.78 is 6.36. The number of para-hydroxylation sites is 1. The van der Waals surface area contributed by atoms with Crippen LogP contribution in [0.1, 0.15) is 0 Å². The van der Waals surface area contributed by atoms with Crippen molar-refractivity contribution in [1.82, 2.24) is 15.0 Å². The maximum atomic E-state index is 6.36. The number of hydrogen-bond acceptors (Lipinski definition) is 5. The van der Waals surface area contributed by atoms with Crippen LogP contribution in [0, 0.1) is 0 Å². The summed E-state index contributed by atoms with van der Waals surface area (Å²) >= 11 is 0. The van der Waals surface area contributed by atoms with E-state index in [1.54, 1.807) is 12.4 Å². The molecule has 1 aliphatic rings. The molecule has 8 aromatic rings. The van der Waals surface area contributed by atoms with Crippen molar-refractivity contribution in [3.63, 3.8) is 0 Å². The van der Waals surface area contributed by atoms with Crippen molar-refractivity contribution in [2.24, 2.45) is 0 Å². The fraction of sp³-hybridized carbons (Fsp3) is 0. The molecule has 0 fully saturated rings. The summed E-state index contributed by atoms with van der Waals surface area (Å²) in [6.45, 7) is 0. The first kappa shape index (κ1) is 21.4. The zero-order valence-electron chi connectivity index (χ0n) is 21.2. The minimum atomic E-state index is 0.601. The number of fused-ring (bicyclic) bond motifs is 6. The van der Waals surface area contributed by atoms with Gasteiger partial charge in [-0.05, 0) is 64.2 Å². The molecule has 0 atom stereocenters. The Morgan fingerprint density at radius 2 is 1.35 bits per heavy atom. The minimum Gasteiger partial charge on any atom is -0.452 e. The van der Waals surface area contributed by atoms with E-state index in [-0.39, 0.29) is 0 Å². The molecule has 0 spiro atoms. The van der Waals surface area contributed by atoms with Crippen LogP contribution in [0.15, 0.2) is 126 Å². The summed E-state index contributed by atoms with van der Waals surface area (Å²) in [4.78, 5) is 16.9. The van der Waals surface area contributed by atoms with Gasteiger partial charge in [0.15, 0.2) is 5.58 Å². The molecule has 0 amide bonds. The highest BCUT2D eigenvalue weighted by molar-refractivity contribution is 6.16. The fourth-order valence-electron chi connectivity index (χ4n) is 6.09. The van der Waals surface area contributed by atoms with E-state index < -0.39 is 0 Å². The summed E-state index contributed by atoms with van der Waals surface area (Å²) in [5.41, 5.74) is 8.41. The lowest BCUT2D eigenvalue weighted by molar-refractivity contribution is 0.667. The molecule has 5 aromatic carbocycles. The monoisotopic (exact) mass is 512 g/mol. The standard InChI is InChI=1S/C35H20N4O/c1-2-8-24-20-29-27(19-23(24)7-1)25-12-5-9-21-10-6-13-28(31(21)25)39(29)35-37-32(22-15-17-36-18-16-22)34-33(38-35)26-11-3-4-14-30(26)40-34/h1-20H. The van der Waals surface area contributed by atoms with Gasteiger partial charge in [-0.3, -0.25) is 9.88 Å². The van der Waals surface area contributed by atoms with Crippen LogP contribution in [0.3, 0.4) is 0 Å². The lowest BCUT2D eigenvalue weighted by atomic mass is 9.90. The molecule has 5 nitrogen and oxygen atoms in total. The molecule has 1 aliphatic heterocycles. The Bertz CT molecular complexity index is 2280. The molecule has 3 aromatic heterocycles. The highest BCUT2D eigenvalue weighted by atomic mass is 16.3. The highest BCUT2D eigenvalue weighted by Gasteiger charge is 2.29. The van der Waals surface area contributed by atoms with Gasteiger partial charge in [-0.25, -0.2) is 9.97 Å². The second-order valence-electron chi connectivity index (χ2n) is 10.1. The number of pyridine rings is 1. The second-order valence-corrected chi connectivity index (χ2v) is 10.1. The molecule has 0 aliphatic carbocycles. The number of anilines is 3. The smallest absolute Gasteiger partial charge is 0.236 e. The molecule has 0 radical (unpaired) electrons. The Morgan fingerprint density at radius 1 is 0.600 bits per heavy atom. The van der Waals surface area contributed by atoms with Gasteiger partial charge in [-0.15, -0.1) is 0 Å². The SMILES string of the molecule is c1ccc2cc3c(cc2c1)-c1cccc2cccc(c12)N3c1nc(-c2ccncc2)c2oc3ccccc3c2n1. The van der Waals surface area contributed by atoms with E-state index in [2.05, 4.69) is 88.7 Å². The van der Waals surface area contributed by atoms with E-state index in [1.807, 2.05) is 30.3 Å². The third-order valence-corrected chi connectivity index (χ3v) is 7.88. The van der Waals surface area contributed by atoms with Gasteiger partial charge in [-0.1, -0.05) is 66.7 Å². The highest BCUT2D eigenvalue weighted by Crippen LogP contribution is 2.51. The van der Waals surface area contributed by atoms with Crippen LogP contribution in [-0.4, -0.2) is 15.0 Å². The summed E-state index contributed by atoms with van der Waals surface area (Å²) in [6.07, 6.45) is 3.57. The van der Waals surface area contributed by atoms with E-state index in [0.29, 0.717) is 11.5 Å². The largest absolute Gasteiger partial charge is 0.452 e. The van der Waals surface area contributed by atoms with Crippen molar-refractivity contribution in [1.29, 1.82) is 0 Å². The Kier molecular flexibility index (Phi) is 4.27. The van der Waals surface area contributed by atoms with Crippen LogP contribution in [0.2, 0.25) is 0 Å². The number of furan rings is 1. The minimum absolute atomic E-state index is 0.601. The molecule has 0 bridgehead atoms. The molecule has 0 saturated heterocycles. The van der Waals surface area contributed by atoms with Gasteiger partial charge in [0.2, 0.25) is 5.95 Å². The van der Waals surface area contributed by atoms with E-state index in [0.717, 1.165) is 44.7 Å². The third kappa shape index (κ3) is 2.94. The summed E-state index contributed by atoms with van der Waals surface area (Å²) in [5.74, 6) is 0.601. The maximum Gasteiger partial charge on any atom is 0.236 e. The van der Waals surface area contributed by atoms with Crippen molar-refractivity contribution in [2.75, 3.05) is 4.90 Å². The van der Waals surface area contributed by atoms with E-state index in [9.17, 15) is 0 Å². The zero-order valence-corrected chi connectivity index (χ0v) is 21.2. The van der Waals surface area contributed by atoms with Crippen LogP contribution in [0.25, 0.3) is 66.0 Å². The molecule has 0 saturated carbocycles. The van der Waals surface area contributed by atoms with Crippen LogP contribution in [0.5, 0.6) is 0 Å². The molecule has 4 heterocycles. The fourth-order valence-corrected chi connectivity index (χ4v) is 6.09. The molecule has 40 heavy (non-hydrogen) atoms. The summed E-state index contributed by atoms with van der Waals surface area (Å²) in [7, 11) is 0.